The lowest BCUT2D eigenvalue weighted by atomic mass is 10.4. The Balaban J connectivity index is 2.91. The zero-order chi connectivity index (χ0) is 11.3. The van der Waals surface area contributed by atoms with Crippen molar-refractivity contribution in [2.45, 2.75) is 11.8 Å². The summed E-state index contributed by atoms with van der Waals surface area (Å²) in [5, 5.41) is 0. The number of allylic oxidation sites excluding steroid dienone is 2. The van der Waals surface area contributed by atoms with Crippen LogP contribution < -0.4 is 4.72 Å². The average molecular weight is 223 g/mol. The first kappa shape index (κ1) is 11.5. The first-order chi connectivity index (χ1) is 7.06. The minimum Gasteiger partial charge on any atom is -0.280 e. The molecule has 0 unspecified atom stereocenters. The number of benzene rings is 1. The molecule has 3 nitrogen and oxygen atoms in total. The van der Waals surface area contributed by atoms with Gasteiger partial charge in [0, 0.05) is 5.70 Å². The molecule has 0 aliphatic rings. The maximum atomic E-state index is 11.7. The van der Waals surface area contributed by atoms with E-state index < -0.39 is 10.0 Å². The summed E-state index contributed by atoms with van der Waals surface area (Å²) >= 11 is 0. The monoisotopic (exact) mass is 223 g/mol. The Morgan fingerprint density at radius 1 is 1.33 bits per heavy atom. The van der Waals surface area contributed by atoms with Crippen molar-refractivity contribution in [3.8, 4) is 0 Å². The standard InChI is InChI=1S/C11H13NO2S/c1-3-7-10(2)12-15(13,14)11-8-5-4-6-9-11/h3-9,12H,2H2,1H3/b7-3-. The van der Waals surface area contributed by atoms with Gasteiger partial charge < -0.3 is 0 Å². The van der Waals surface area contributed by atoms with Crippen LogP contribution in [0.5, 0.6) is 0 Å². The zero-order valence-corrected chi connectivity index (χ0v) is 9.29. The fourth-order valence-electron chi connectivity index (χ4n) is 1.07. The van der Waals surface area contributed by atoms with Crippen molar-refractivity contribution in [2.24, 2.45) is 0 Å². The molecule has 0 saturated heterocycles. The van der Waals surface area contributed by atoms with Gasteiger partial charge in [0.25, 0.3) is 10.0 Å². The van der Waals surface area contributed by atoms with Crippen molar-refractivity contribution in [1.29, 1.82) is 0 Å². The van der Waals surface area contributed by atoms with Gasteiger partial charge in [-0.05, 0) is 25.1 Å². The summed E-state index contributed by atoms with van der Waals surface area (Å²) in [5.41, 5.74) is 0.348. The Hall–Kier alpha value is -1.55. The fourth-order valence-corrected chi connectivity index (χ4v) is 2.11. The van der Waals surface area contributed by atoms with Gasteiger partial charge in [-0.15, -0.1) is 0 Å². The van der Waals surface area contributed by atoms with Crippen LogP contribution in [0.25, 0.3) is 0 Å². The Morgan fingerprint density at radius 3 is 2.47 bits per heavy atom. The summed E-state index contributed by atoms with van der Waals surface area (Å²) in [6.07, 6.45) is 3.32. The van der Waals surface area contributed by atoms with E-state index >= 15 is 0 Å². The molecule has 1 aromatic rings. The number of sulfonamides is 1. The molecule has 0 saturated carbocycles. The van der Waals surface area contributed by atoms with Gasteiger partial charge in [-0.2, -0.15) is 0 Å². The van der Waals surface area contributed by atoms with Crippen molar-refractivity contribution in [1.82, 2.24) is 4.72 Å². The molecular weight excluding hydrogens is 210 g/mol. The summed E-state index contributed by atoms with van der Waals surface area (Å²) in [4.78, 5) is 0.232. The predicted octanol–water partition coefficient (Wildman–Crippen LogP) is 2.05. The van der Waals surface area contributed by atoms with E-state index in [4.69, 9.17) is 0 Å². The van der Waals surface area contributed by atoms with E-state index in [1.54, 1.807) is 37.3 Å². The molecule has 0 spiro atoms. The van der Waals surface area contributed by atoms with Gasteiger partial charge in [-0.25, -0.2) is 8.42 Å². The third kappa shape index (κ3) is 3.25. The lowest BCUT2D eigenvalue weighted by Crippen LogP contribution is -2.21. The molecule has 4 heteroatoms. The van der Waals surface area contributed by atoms with E-state index in [2.05, 4.69) is 11.3 Å². The Labute approximate surface area is 90.2 Å². The quantitative estimate of drug-likeness (QED) is 0.794. The van der Waals surface area contributed by atoms with Crippen LogP contribution in [0.3, 0.4) is 0 Å². The number of hydrogen-bond donors (Lipinski definition) is 1. The van der Waals surface area contributed by atoms with Crippen LogP contribution in [0.15, 0.2) is 59.7 Å². The third-order valence-electron chi connectivity index (χ3n) is 1.69. The van der Waals surface area contributed by atoms with E-state index in [1.165, 1.54) is 12.1 Å². The van der Waals surface area contributed by atoms with Crippen molar-refractivity contribution >= 4 is 10.0 Å². The van der Waals surface area contributed by atoms with E-state index in [9.17, 15) is 8.42 Å². The molecule has 80 valence electrons. The summed E-state index contributed by atoms with van der Waals surface area (Å²) in [6, 6.07) is 8.18. The van der Waals surface area contributed by atoms with Crippen LogP contribution >= 0.6 is 0 Å². The molecule has 0 aliphatic carbocycles. The average Bonchev–Trinajstić information content (AvgIpc) is 2.18. The number of nitrogens with one attached hydrogen (secondary N) is 1. The van der Waals surface area contributed by atoms with Crippen molar-refractivity contribution in [3.05, 3.63) is 54.8 Å². The van der Waals surface area contributed by atoms with Crippen LogP contribution in [0.2, 0.25) is 0 Å². The number of rotatable bonds is 4. The van der Waals surface area contributed by atoms with E-state index in [-0.39, 0.29) is 4.90 Å². The molecule has 0 amide bonds. The molecule has 0 aromatic heterocycles. The maximum absolute atomic E-state index is 11.7. The maximum Gasteiger partial charge on any atom is 0.261 e. The van der Waals surface area contributed by atoms with E-state index in [0.29, 0.717) is 5.70 Å². The van der Waals surface area contributed by atoms with Crippen LogP contribution in [0, 0.1) is 0 Å². The zero-order valence-electron chi connectivity index (χ0n) is 8.47. The van der Waals surface area contributed by atoms with Gasteiger partial charge in [0.2, 0.25) is 0 Å². The summed E-state index contributed by atoms with van der Waals surface area (Å²) in [6.45, 7) is 5.37. The van der Waals surface area contributed by atoms with Crippen LogP contribution in [0.4, 0.5) is 0 Å². The molecule has 0 heterocycles. The molecule has 0 atom stereocenters. The SMILES string of the molecule is C=C(/C=C\C)NS(=O)(=O)c1ccccc1. The second-order valence-electron chi connectivity index (χ2n) is 2.94. The molecule has 0 bridgehead atoms. The summed E-state index contributed by atoms with van der Waals surface area (Å²) in [5.74, 6) is 0. The highest BCUT2D eigenvalue weighted by atomic mass is 32.2. The van der Waals surface area contributed by atoms with Gasteiger partial charge >= 0.3 is 0 Å². The fraction of sp³-hybridized carbons (Fsp3) is 0.0909. The van der Waals surface area contributed by atoms with E-state index in [0.717, 1.165) is 0 Å². The van der Waals surface area contributed by atoms with Gasteiger partial charge in [0.15, 0.2) is 0 Å². The van der Waals surface area contributed by atoms with Crippen molar-refractivity contribution in [3.63, 3.8) is 0 Å². The minimum atomic E-state index is -3.48. The van der Waals surface area contributed by atoms with Gasteiger partial charge in [0.05, 0.1) is 4.90 Å². The Morgan fingerprint density at radius 2 is 1.93 bits per heavy atom. The normalized spacial score (nSPS) is 11.5. The summed E-state index contributed by atoms with van der Waals surface area (Å²) < 4.78 is 25.8. The van der Waals surface area contributed by atoms with Crippen molar-refractivity contribution in [2.75, 3.05) is 0 Å². The van der Waals surface area contributed by atoms with Crippen LogP contribution in [-0.4, -0.2) is 8.42 Å². The van der Waals surface area contributed by atoms with Crippen molar-refractivity contribution < 1.29 is 8.42 Å². The second-order valence-corrected chi connectivity index (χ2v) is 4.63. The van der Waals surface area contributed by atoms with Gasteiger partial charge in [-0.1, -0.05) is 30.9 Å². The van der Waals surface area contributed by atoms with Gasteiger partial charge in [0.1, 0.15) is 0 Å². The molecule has 1 aromatic carbocycles. The minimum absolute atomic E-state index is 0.232. The lowest BCUT2D eigenvalue weighted by molar-refractivity contribution is 0.589. The summed E-state index contributed by atoms with van der Waals surface area (Å²) in [7, 11) is -3.48. The first-order valence-electron chi connectivity index (χ1n) is 4.46. The highest BCUT2D eigenvalue weighted by Crippen LogP contribution is 2.08. The topological polar surface area (TPSA) is 46.2 Å². The van der Waals surface area contributed by atoms with Gasteiger partial charge in [-0.3, -0.25) is 4.72 Å². The molecule has 0 radical (unpaired) electrons. The Kier molecular flexibility index (Phi) is 3.68. The molecule has 15 heavy (non-hydrogen) atoms. The van der Waals surface area contributed by atoms with E-state index in [1.807, 2.05) is 0 Å². The largest absolute Gasteiger partial charge is 0.280 e. The Bertz CT molecular complexity index is 461. The molecule has 1 rings (SSSR count). The molecular formula is C11H13NO2S. The van der Waals surface area contributed by atoms with Crippen LogP contribution in [-0.2, 0) is 10.0 Å². The molecule has 0 fully saturated rings. The van der Waals surface area contributed by atoms with Crippen LogP contribution in [0.1, 0.15) is 6.92 Å². The molecule has 0 aliphatic heterocycles. The second kappa shape index (κ2) is 4.79. The number of hydrogen-bond acceptors (Lipinski definition) is 2. The highest BCUT2D eigenvalue weighted by molar-refractivity contribution is 7.89. The lowest BCUT2D eigenvalue weighted by Gasteiger charge is -2.06. The molecule has 1 N–H and O–H groups in total. The first-order valence-corrected chi connectivity index (χ1v) is 5.94. The third-order valence-corrected chi connectivity index (χ3v) is 3.11. The predicted molar refractivity (Wildman–Crippen MR) is 60.7 cm³/mol. The highest BCUT2D eigenvalue weighted by Gasteiger charge is 2.12. The smallest absolute Gasteiger partial charge is 0.261 e.